The molecule has 2 rings (SSSR count). The van der Waals surface area contributed by atoms with Gasteiger partial charge in [0.15, 0.2) is 0 Å². The lowest BCUT2D eigenvalue weighted by atomic mass is 9.96. The largest absolute Gasteiger partial charge is 0.0683 e. The quantitative estimate of drug-likeness (QED) is 0.608. The van der Waals surface area contributed by atoms with E-state index in [1.807, 2.05) is 13.8 Å². The van der Waals surface area contributed by atoms with E-state index in [1.54, 1.807) is 0 Å². The minimum atomic E-state index is 0.603. The Kier molecular flexibility index (Phi) is 4.36. The predicted molar refractivity (Wildman–Crippen MR) is 69.4 cm³/mol. The lowest BCUT2D eigenvalue weighted by Gasteiger charge is -2.08. The summed E-state index contributed by atoms with van der Waals surface area (Å²) in [6, 6.07) is 15.1. The summed E-state index contributed by atoms with van der Waals surface area (Å²) in [5.74, 6) is 0.603. The van der Waals surface area contributed by atoms with Gasteiger partial charge < -0.3 is 0 Å². The molecule has 0 N–H and O–H groups in total. The van der Waals surface area contributed by atoms with Gasteiger partial charge in [0.1, 0.15) is 0 Å². The molecule has 0 heteroatoms. The normalized spacial score (nSPS) is 9.93. The second-order valence-electron chi connectivity index (χ2n) is 3.72. The molecule has 0 aliphatic rings. The first-order chi connectivity index (χ1) is 7.29. The fraction of sp³-hybridized carbons (Fsp3) is 0.333. The van der Waals surface area contributed by atoms with E-state index in [1.165, 1.54) is 16.3 Å². The molecule has 0 bridgehead atoms. The number of fused-ring (bicyclic) bond motifs is 1. The van der Waals surface area contributed by atoms with Crippen LogP contribution in [0.4, 0.5) is 0 Å². The highest BCUT2D eigenvalue weighted by molar-refractivity contribution is 5.86. The van der Waals surface area contributed by atoms with Gasteiger partial charge in [-0.25, -0.2) is 0 Å². The van der Waals surface area contributed by atoms with E-state index in [9.17, 15) is 0 Å². The van der Waals surface area contributed by atoms with Crippen LogP contribution in [0.25, 0.3) is 10.8 Å². The van der Waals surface area contributed by atoms with Crippen molar-refractivity contribution < 1.29 is 0 Å². The van der Waals surface area contributed by atoms with Crippen molar-refractivity contribution >= 4 is 10.8 Å². The van der Waals surface area contributed by atoms with Crippen LogP contribution in [-0.4, -0.2) is 0 Å². The summed E-state index contributed by atoms with van der Waals surface area (Å²) in [7, 11) is 0. The maximum atomic E-state index is 2.24. The molecule has 0 aliphatic heterocycles. The van der Waals surface area contributed by atoms with E-state index in [-0.39, 0.29) is 0 Å². The molecule has 0 amide bonds. The molecule has 0 aromatic heterocycles. The molecule has 0 unspecified atom stereocenters. The lowest BCUT2D eigenvalue weighted by Crippen LogP contribution is -1.88. The molecule has 0 spiro atoms. The highest BCUT2D eigenvalue weighted by Crippen LogP contribution is 2.24. The molecule has 0 nitrogen and oxygen atoms in total. The minimum Gasteiger partial charge on any atom is -0.0683 e. The van der Waals surface area contributed by atoms with Crippen LogP contribution in [0.3, 0.4) is 0 Å². The zero-order valence-corrected chi connectivity index (χ0v) is 10.1. The summed E-state index contributed by atoms with van der Waals surface area (Å²) in [4.78, 5) is 0. The van der Waals surface area contributed by atoms with Gasteiger partial charge in [0, 0.05) is 0 Å². The van der Waals surface area contributed by atoms with Crippen LogP contribution in [0.2, 0.25) is 0 Å². The van der Waals surface area contributed by atoms with Gasteiger partial charge in [-0.3, -0.25) is 0 Å². The van der Waals surface area contributed by atoms with Gasteiger partial charge in [-0.15, -0.1) is 0 Å². The minimum absolute atomic E-state index is 0.603. The molecule has 0 aliphatic carbocycles. The summed E-state index contributed by atoms with van der Waals surface area (Å²) in [5.41, 5.74) is 1.44. The molecular formula is C15H20. The standard InChI is InChI=1S/C13H14.C2H6/c1-10(2)12-9-5-7-11-6-3-4-8-13(11)12;1-2/h3-10H,1-2H3;1-2H3. The third-order valence-corrected chi connectivity index (χ3v) is 2.45. The Labute approximate surface area is 92.9 Å². The Morgan fingerprint density at radius 3 is 2.07 bits per heavy atom. The molecule has 80 valence electrons. The first-order valence-electron chi connectivity index (χ1n) is 5.76. The predicted octanol–water partition coefficient (Wildman–Crippen LogP) is 4.99. The highest BCUT2D eigenvalue weighted by atomic mass is 14.1. The van der Waals surface area contributed by atoms with Crippen molar-refractivity contribution in [2.75, 3.05) is 0 Å². The number of hydrogen-bond acceptors (Lipinski definition) is 0. The van der Waals surface area contributed by atoms with E-state index in [4.69, 9.17) is 0 Å². The van der Waals surface area contributed by atoms with Crippen molar-refractivity contribution in [2.24, 2.45) is 0 Å². The van der Waals surface area contributed by atoms with Crippen LogP contribution in [0.5, 0.6) is 0 Å². The van der Waals surface area contributed by atoms with Gasteiger partial charge in [0.25, 0.3) is 0 Å². The van der Waals surface area contributed by atoms with Gasteiger partial charge in [-0.1, -0.05) is 70.2 Å². The molecule has 0 fully saturated rings. The van der Waals surface area contributed by atoms with Crippen LogP contribution < -0.4 is 0 Å². The molecule has 0 saturated carbocycles. The highest BCUT2D eigenvalue weighted by Gasteiger charge is 2.02. The number of benzene rings is 2. The molecule has 0 saturated heterocycles. The number of hydrogen-bond donors (Lipinski definition) is 0. The first-order valence-corrected chi connectivity index (χ1v) is 5.76. The van der Waals surface area contributed by atoms with E-state index >= 15 is 0 Å². The average molecular weight is 200 g/mol. The SMILES string of the molecule is CC.CC(C)c1cccc2ccccc12. The maximum Gasteiger partial charge on any atom is -0.0149 e. The molecule has 2 aromatic rings. The fourth-order valence-electron chi connectivity index (χ4n) is 1.75. The Morgan fingerprint density at radius 2 is 1.40 bits per heavy atom. The Morgan fingerprint density at radius 1 is 0.800 bits per heavy atom. The van der Waals surface area contributed by atoms with Crippen molar-refractivity contribution in [3.05, 3.63) is 48.0 Å². The molecule has 2 aromatic carbocycles. The summed E-state index contributed by atoms with van der Waals surface area (Å²) in [5, 5.41) is 2.73. The average Bonchev–Trinajstić information content (AvgIpc) is 2.31. The smallest absolute Gasteiger partial charge is 0.0149 e. The monoisotopic (exact) mass is 200 g/mol. The number of rotatable bonds is 1. The molecule has 0 radical (unpaired) electrons. The zero-order valence-electron chi connectivity index (χ0n) is 10.1. The van der Waals surface area contributed by atoms with Gasteiger partial charge in [0.05, 0.1) is 0 Å². The summed E-state index contributed by atoms with van der Waals surface area (Å²) < 4.78 is 0. The molecule has 0 heterocycles. The van der Waals surface area contributed by atoms with Gasteiger partial charge in [0.2, 0.25) is 0 Å². The van der Waals surface area contributed by atoms with Crippen LogP contribution in [0, 0.1) is 0 Å². The Balaban J connectivity index is 0.000000531. The fourth-order valence-corrected chi connectivity index (χ4v) is 1.75. The zero-order chi connectivity index (χ0) is 11.3. The summed E-state index contributed by atoms with van der Waals surface area (Å²) >= 11 is 0. The maximum absolute atomic E-state index is 2.24. The summed E-state index contributed by atoms with van der Waals surface area (Å²) in [6.45, 7) is 8.48. The van der Waals surface area contributed by atoms with Crippen molar-refractivity contribution in [3.8, 4) is 0 Å². The third kappa shape index (κ3) is 2.59. The lowest BCUT2D eigenvalue weighted by molar-refractivity contribution is 0.876. The third-order valence-electron chi connectivity index (χ3n) is 2.45. The Bertz CT molecular complexity index is 408. The van der Waals surface area contributed by atoms with Crippen molar-refractivity contribution in [3.63, 3.8) is 0 Å². The van der Waals surface area contributed by atoms with E-state index in [2.05, 4.69) is 56.3 Å². The van der Waals surface area contributed by atoms with Crippen LogP contribution >= 0.6 is 0 Å². The van der Waals surface area contributed by atoms with Crippen molar-refractivity contribution in [1.29, 1.82) is 0 Å². The second kappa shape index (κ2) is 5.55. The topological polar surface area (TPSA) is 0 Å². The van der Waals surface area contributed by atoms with Crippen LogP contribution in [0.15, 0.2) is 42.5 Å². The van der Waals surface area contributed by atoms with Gasteiger partial charge in [-0.2, -0.15) is 0 Å². The molecular weight excluding hydrogens is 180 g/mol. The van der Waals surface area contributed by atoms with Crippen LogP contribution in [0.1, 0.15) is 39.2 Å². The van der Waals surface area contributed by atoms with Gasteiger partial charge in [-0.05, 0) is 22.3 Å². The van der Waals surface area contributed by atoms with E-state index in [0.717, 1.165) is 0 Å². The van der Waals surface area contributed by atoms with Crippen molar-refractivity contribution in [1.82, 2.24) is 0 Å². The second-order valence-corrected chi connectivity index (χ2v) is 3.72. The van der Waals surface area contributed by atoms with E-state index < -0.39 is 0 Å². The summed E-state index contributed by atoms with van der Waals surface area (Å²) in [6.07, 6.45) is 0. The Hall–Kier alpha value is -1.30. The van der Waals surface area contributed by atoms with E-state index in [0.29, 0.717) is 5.92 Å². The van der Waals surface area contributed by atoms with Gasteiger partial charge >= 0.3 is 0 Å². The molecule has 0 atom stereocenters. The van der Waals surface area contributed by atoms with Crippen LogP contribution in [-0.2, 0) is 0 Å². The van der Waals surface area contributed by atoms with Crippen molar-refractivity contribution in [2.45, 2.75) is 33.6 Å². The first kappa shape index (κ1) is 11.8. The molecule has 15 heavy (non-hydrogen) atoms.